The van der Waals surface area contributed by atoms with Gasteiger partial charge in [-0.1, -0.05) is 6.07 Å². The number of benzene rings is 1. The molecule has 4 N–H and O–H groups in total. The molecule has 0 fully saturated rings. The van der Waals surface area contributed by atoms with Crippen molar-refractivity contribution in [2.75, 3.05) is 18.9 Å². The van der Waals surface area contributed by atoms with Crippen LogP contribution in [0.4, 0.5) is 5.69 Å². The Labute approximate surface area is 76.6 Å². The molecule has 0 saturated heterocycles. The maximum Gasteiger partial charge on any atom is 0.121 e. The number of anilines is 1. The van der Waals surface area contributed by atoms with Crippen LogP contribution in [0.5, 0.6) is 5.75 Å². The minimum Gasteiger partial charge on any atom is -0.491 e. The van der Waals surface area contributed by atoms with E-state index in [2.05, 4.69) is 0 Å². The number of nitrogens with two attached hydrogens (primary N) is 1. The van der Waals surface area contributed by atoms with Crippen LogP contribution >= 0.6 is 0 Å². The van der Waals surface area contributed by atoms with Crippen molar-refractivity contribution in [2.45, 2.75) is 6.10 Å². The van der Waals surface area contributed by atoms with Crippen molar-refractivity contribution in [2.24, 2.45) is 0 Å². The molecule has 4 heteroatoms. The normalized spacial score (nSPS) is 12.5. The first kappa shape index (κ1) is 9.83. The van der Waals surface area contributed by atoms with Gasteiger partial charge in [0.15, 0.2) is 0 Å². The summed E-state index contributed by atoms with van der Waals surface area (Å²) < 4.78 is 5.15. The zero-order valence-electron chi connectivity index (χ0n) is 7.18. The van der Waals surface area contributed by atoms with Crippen molar-refractivity contribution in [3.05, 3.63) is 24.3 Å². The second kappa shape index (κ2) is 4.69. The van der Waals surface area contributed by atoms with Crippen molar-refractivity contribution in [1.29, 1.82) is 0 Å². The Kier molecular flexibility index (Phi) is 3.54. The van der Waals surface area contributed by atoms with E-state index >= 15 is 0 Å². The fourth-order valence-corrected chi connectivity index (χ4v) is 0.849. The summed E-state index contributed by atoms with van der Waals surface area (Å²) in [4.78, 5) is 0. The fourth-order valence-electron chi connectivity index (χ4n) is 0.849. The Balaban J connectivity index is 2.45. The fraction of sp³-hybridized carbons (Fsp3) is 0.333. The number of nitrogen functional groups attached to an aromatic ring is 1. The van der Waals surface area contributed by atoms with Crippen molar-refractivity contribution in [3.63, 3.8) is 0 Å². The van der Waals surface area contributed by atoms with Gasteiger partial charge in [0.1, 0.15) is 18.5 Å². The van der Waals surface area contributed by atoms with E-state index in [0.29, 0.717) is 11.4 Å². The molecule has 1 aromatic rings. The van der Waals surface area contributed by atoms with Gasteiger partial charge in [-0.2, -0.15) is 0 Å². The van der Waals surface area contributed by atoms with E-state index in [1.54, 1.807) is 24.3 Å². The summed E-state index contributed by atoms with van der Waals surface area (Å²) in [5.74, 6) is 0.590. The number of aliphatic hydroxyl groups excluding tert-OH is 2. The van der Waals surface area contributed by atoms with Gasteiger partial charge in [-0.15, -0.1) is 0 Å². The lowest BCUT2D eigenvalue weighted by Gasteiger charge is -2.09. The molecule has 0 spiro atoms. The van der Waals surface area contributed by atoms with E-state index in [0.717, 1.165) is 0 Å². The highest BCUT2D eigenvalue weighted by molar-refractivity contribution is 5.43. The lowest BCUT2D eigenvalue weighted by Crippen LogP contribution is -2.21. The van der Waals surface area contributed by atoms with E-state index < -0.39 is 6.10 Å². The van der Waals surface area contributed by atoms with E-state index in [4.69, 9.17) is 20.7 Å². The van der Waals surface area contributed by atoms with E-state index in [1.165, 1.54) is 0 Å². The van der Waals surface area contributed by atoms with Gasteiger partial charge in [-0.05, 0) is 12.1 Å². The molecule has 0 radical (unpaired) electrons. The first-order valence-electron chi connectivity index (χ1n) is 3.99. The van der Waals surface area contributed by atoms with E-state index in [1.807, 2.05) is 0 Å². The minimum absolute atomic E-state index is 0.0694. The molecular formula is C9H13NO3. The minimum atomic E-state index is -0.846. The molecule has 72 valence electrons. The summed E-state index contributed by atoms with van der Waals surface area (Å²) in [7, 11) is 0. The van der Waals surface area contributed by atoms with Gasteiger partial charge >= 0.3 is 0 Å². The highest BCUT2D eigenvalue weighted by Gasteiger charge is 2.02. The largest absolute Gasteiger partial charge is 0.491 e. The smallest absolute Gasteiger partial charge is 0.121 e. The molecule has 1 unspecified atom stereocenters. The van der Waals surface area contributed by atoms with Gasteiger partial charge in [0, 0.05) is 11.8 Å². The topological polar surface area (TPSA) is 75.7 Å². The van der Waals surface area contributed by atoms with Crippen LogP contribution in [-0.2, 0) is 0 Å². The molecule has 0 aliphatic rings. The molecule has 0 aliphatic carbocycles. The molecule has 0 aromatic heterocycles. The Morgan fingerprint density at radius 2 is 2.23 bits per heavy atom. The molecule has 4 nitrogen and oxygen atoms in total. The molecule has 1 atom stereocenters. The molecule has 1 aromatic carbocycles. The highest BCUT2D eigenvalue weighted by atomic mass is 16.5. The van der Waals surface area contributed by atoms with Crippen molar-refractivity contribution >= 4 is 5.69 Å². The molecule has 13 heavy (non-hydrogen) atoms. The number of ether oxygens (including phenoxy) is 1. The Bertz CT molecular complexity index is 265. The highest BCUT2D eigenvalue weighted by Crippen LogP contribution is 2.14. The first-order valence-corrected chi connectivity index (χ1v) is 3.99. The molecule has 0 bridgehead atoms. The third-order valence-electron chi connectivity index (χ3n) is 1.51. The second-order valence-corrected chi connectivity index (χ2v) is 2.72. The van der Waals surface area contributed by atoms with Crippen molar-refractivity contribution < 1.29 is 14.9 Å². The van der Waals surface area contributed by atoms with E-state index in [-0.39, 0.29) is 13.2 Å². The molecular weight excluding hydrogens is 170 g/mol. The number of aliphatic hydroxyl groups is 2. The SMILES string of the molecule is Nc1cccc(OCC(O)CO)c1. The van der Waals surface area contributed by atoms with Crippen LogP contribution in [0.25, 0.3) is 0 Å². The van der Waals surface area contributed by atoms with Gasteiger partial charge in [0.25, 0.3) is 0 Å². The monoisotopic (exact) mass is 183 g/mol. The van der Waals surface area contributed by atoms with Crippen LogP contribution in [-0.4, -0.2) is 29.5 Å². The zero-order valence-corrected chi connectivity index (χ0v) is 7.18. The molecule has 0 saturated carbocycles. The molecule has 0 heterocycles. The average Bonchev–Trinajstić information content (AvgIpc) is 2.14. The Morgan fingerprint density at radius 1 is 1.46 bits per heavy atom. The van der Waals surface area contributed by atoms with Gasteiger partial charge in [0.05, 0.1) is 6.61 Å². The quantitative estimate of drug-likeness (QED) is 0.574. The average molecular weight is 183 g/mol. The predicted octanol–water partition coefficient (Wildman–Crippen LogP) is 0.000800. The first-order chi connectivity index (χ1) is 6.22. The van der Waals surface area contributed by atoms with E-state index in [9.17, 15) is 0 Å². The number of rotatable bonds is 4. The summed E-state index contributed by atoms with van der Waals surface area (Å²) in [5.41, 5.74) is 6.11. The number of hydrogen-bond acceptors (Lipinski definition) is 4. The molecule has 0 amide bonds. The van der Waals surface area contributed by atoms with Crippen LogP contribution in [0.1, 0.15) is 0 Å². The van der Waals surface area contributed by atoms with Crippen LogP contribution in [0, 0.1) is 0 Å². The third-order valence-corrected chi connectivity index (χ3v) is 1.51. The Morgan fingerprint density at radius 3 is 2.85 bits per heavy atom. The summed E-state index contributed by atoms with van der Waals surface area (Å²) >= 11 is 0. The number of hydrogen-bond donors (Lipinski definition) is 3. The lowest BCUT2D eigenvalue weighted by molar-refractivity contribution is 0.0536. The van der Waals surface area contributed by atoms with Crippen molar-refractivity contribution in [1.82, 2.24) is 0 Å². The summed E-state index contributed by atoms with van der Waals surface area (Å²) in [6.45, 7) is -0.234. The van der Waals surface area contributed by atoms with Gasteiger partial charge in [-0.3, -0.25) is 0 Å². The van der Waals surface area contributed by atoms with Gasteiger partial charge < -0.3 is 20.7 Å². The summed E-state index contributed by atoms with van der Waals surface area (Å²) in [6.07, 6.45) is -0.846. The lowest BCUT2D eigenvalue weighted by atomic mass is 10.3. The molecule has 0 aliphatic heterocycles. The standard InChI is InChI=1S/C9H13NO3/c10-7-2-1-3-9(4-7)13-6-8(12)5-11/h1-4,8,11-12H,5-6,10H2. The van der Waals surface area contributed by atoms with Gasteiger partial charge in [0.2, 0.25) is 0 Å². The van der Waals surface area contributed by atoms with Crippen LogP contribution in [0.3, 0.4) is 0 Å². The zero-order chi connectivity index (χ0) is 9.68. The summed E-state index contributed by atoms with van der Waals surface area (Å²) in [6, 6.07) is 6.90. The van der Waals surface area contributed by atoms with Crippen LogP contribution < -0.4 is 10.5 Å². The van der Waals surface area contributed by atoms with Crippen LogP contribution in [0.15, 0.2) is 24.3 Å². The maximum absolute atomic E-state index is 8.98. The molecule has 1 rings (SSSR count). The van der Waals surface area contributed by atoms with Gasteiger partial charge in [-0.25, -0.2) is 0 Å². The maximum atomic E-state index is 8.98. The predicted molar refractivity (Wildman–Crippen MR) is 49.4 cm³/mol. The second-order valence-electron chi connectivity index (χ2n) is 2.72. The third kappa shape index (κ3) is 3.31. The van der Waals surface area contributed by atoms with Crippen molar-refractivity contribution in [3.8, 4) is 5.75 Å². The Hall–Kier alpha value is -1.26. The van der Waals surface area contributed by atoms with Crippen LogP contribution in [0.2, 0.25) is 0 Å². The summed E-state index contributed by atoms with van der Waals surface area (Å²) in [5, 5.41) is 17.5.